The predicted molar refractivity (Wildman–Crippen MR) is 49.1 cm³/mol. The Bertz CT molecular complexity index is 241. The van der Waals surface area contributed by atoms with E-state index in [1.165, 1.54) is 0 Å². The molecule has 1 atom stereocenters. The van der Waals surface area contributed by atoms with Gasteiger partial charge in [0.15, 0.2) is 0 Å². The average molecular weight is 181 g/mol. The third kappa shape index (κ3) is 1.89. The van der Waals surface area contributed by atoms with E-state index in [-0.39, 0.29) is 6.10 Å². The van der Waals surface area contributed by atoms with Crippen molar-refractivity contribution in [2.24, 2.45) is 5.92 Å². The molecule has 1 aliphatic heterocycles. The van der Waals surface area contributed by atoms with Crippen molar-refractivity contribution in [1.82, 2.24) is 15.3 Å². The van der Waals surface area contributed by atoms with Crippen LogP contribution in [-0.2, 0) is 0 Å². The van der Waals surface area contributed by atoms with Gasteiger partial charge in [-0.15, -0.1) is 0 Å². The molecule has 1 aromatic heterocycles. The standard InChI is InChI=1S/C9H15N3O/c13-9(8-5-11-6-12-8)7-1-3-10-4-2-7/h5-7,9-10,13H,1-4H2,(H,11,12)/t9-/m1/s1. The monoisotopic (exact) mass is 181 g/mol. The van der Waals surface area contributed by atoms with Gasteiger partial charge < -0.3 is 15.4 Å². The summed E-state index contributed by atoms with van der Waals surface area (Å²) in [5.74, 6) is 0.377. The first-order valence-electron chi connectivity index (χ1n) is 4.75. The molecule has 1 fully saturated rings. The van der Waals surface area contributed by atoms with Gasteiger partial charge in [-0.1, -0.05) is 0 Å². The first-order chi connectivity index (χ1) is 6.38. The Morgan fingerprint density at radius 2 is 2.23 bits per heavy atom. The van der Waals surface area contributed by atoms with Crippen molar-refractivity contribution in [3.8, 4) is 0 Å². The Balaban J connectivity index is 1.99. The molecule has 0 saturated carbocycles. The molecule has 13 heavy (non-hydrogen) atoms. The van der Waals surface area contributed by atoms with Crippen LogP contribution >= 0.6 is 0 Å². The molecule has 3 N–H and O–H groups in total. The van der Waals surface area contributed by atoms with E-state index in [1.54, 1.807) is 12.5 Å². The van der Waals surface area contributed by atoms with Crippen molar-refractivity contribution < 1.29 is 5.11 Å². The lowest BCUT2D eigenvalue weighted by atomic mass is 9.91. The van der Waals surface area contributed by atoms with Crippen LogP contribution in [-0.4, -0.2) is 28.2 Å². The molecule has 2 rings (SSSR count). The lowest BCUT2D eigenvalue weighted by Crippen LogP contribution is -2.30. The number of imidazole rings is 1. The van der Waals surface area contributed by atoms with Gasteiger partial charge in [0.05, 0.1) is 24.3 Å². The van der Waals surface area contributed by atoms with Crippen molar-refractivity contribution in [2.45, 2.75) is 18.9 Å². The highest BCUT2D eigenvalue weighted by Crippen LogP contribution is 2.26. The second-order valence-corrected chi connectivity index (χ2v) is 3.54. The summed E-state index contributed by atoms with van der Waals surface area (Å²) < 4.78 is 0. The van der Waals surface area contributed by atoms with Crippen LogP contribution in [0.15, 0.2) is 12.5 Å². The molecule has 0 amide bonds. The summed E-state index contributed by atoms with van der Waals surface area (Å²) in [5, 5.41) is 13.2. The number of H-pyrrole nitrogens is 1. The van der Waals surface area contributed by atoms with Gasteiger partial charge in [0.2, 0.25) is 0 Å². The van der Waals surface area contributed by atoms with Gasteiger partial charge in [-0.3, -0.25) is 0 Å². The number of nitrogens with zero attached hydrogens (tertiary/aromatic N) is 1. The van der Waals surface area contributed by atoms with Crippen LogP contribution in [0, 0.1) is 5.92 Å². The first-order valence-corrected chi connectivity index (χ1v) is 4.75. The number of hydrogen-bond acceptors (Lipinski definition) is 3. The van der Waals surface area contributed by atoms with E-state index in [4.69, 9.17) is 0 Å². The molecule has 0 radical (unpaired) electrons. The van der Waals surface area contributed by atoms with Gasteiger partial charge in [-0.25, -0.2) is 4.98 Å². The van der Waals surface area contributed by atoms with Gasteiger partial charge in [-0.2, -0.15) is 0 Å². The van der Waals surface area contributed by atoms with Crippen molar-refractivity contribution in [2.75, 3.05) is 13.1 Å². The lowest BCUT2D eigenvalue weighted by molar-refractivity contribution is 0.0855. The van der Waals surface area contributed by atoms with E-state index in [9.17, 15) is 5.11 Å². The number of rotatable bonds is 2. The van der Waals surface area contributed by atoms with Gasteiger partial charge in [0.1, 0.15) is 0 Å². The van der Waals surface area contributed by atoms with E-state index < -0.39 is 0 Å². The van der Waals surface area contributed by atoms with Crippen molar-refractivity contribution in [3.05, 3.63) is 18.2 Å². The van der Waals surface area contributed by atoms with Gasteiger partial charge >= 0.3 is 0 Å². The number of aliphatic hydroxyl groups excluding tert-OH is 1. The molecule has 1 saturated heterocycles. The molecule has 0 bridgehead atoms. The first kappa shape index (κ1) is 8.72. The largest absolute Gasteiger partial charge is 0.387 e. The summed E-state index contributed by atoms with van der Waals surface area (Å²) in [5.41, 5.74) is 0.840. The maximum Gasteiger partial charge on any atom is 0.0982 e. The molecule has 0 spiro atoms. The lowest BCUT2D eigenvalue weighted by Gasteiger charge is -2.26. The number of aromatic nitrogens is 2. The van der Waals surface area contributed by atoms with Gasteiger partial charge in [0, 0.05) is 0 Å². The number of hydrogen-bond donors (Lipinski definition) is 3. The van der Waals surface area contributed by atoms with Crippen LogP contribution in [0.2, 0.25) is 0 Å². The minimum atomic E-state index is -0.371. The van der Waals surface area contributed by atoms with Crippen LogP contribution in [0.25, 0.3) is 0 Å². The van der Waals surface area contributed by atoms with Gasteiger partial charge in [-0.05, 0) is 31.8 Å². The highest BCUT2D eigenvalue weighted by atomic mass is 16.3. The SMILES string of the molecule is O[C@@H](c1cnc[nH]1)C1CCNCC1. The van der Waals surface area contributed by atoms with Crippen molar-refractivity contribution in [1.29, 1.82) is 0 Å². The van der Waals surface area contributed by atoms with Crippen molar-refractivity contribution >= 4 is 0 Å². The molecule has 1 aromatic rings. The van der Waals surface area contributed by atoms with E-state index in [2.05, 4.69) is 15.3 Å². The molecule has 72 valence electrons. The molecule has 4 heteroatoms. The summed E-state index contributed by atoms with van der Waals surface area (Å²) >= 11 is 0. The van der Waals surface area contributed by atoms with E-state index >= 15 is 0 Å². The molecule has 2 heterocycles. The highest BCUT2D eigenvalue weighted by molar-refractivity contribution is 5.01. The molecule has 0 aliphatic carbocycles. The third-order valence-corrected chi connectivity index (χ3v) is 2.67. The zero-order valence-corrected chi connectivity index (χ0v) is 7.53. The Morgan fingerprint density at radius 1 is 1.46 bits per heavy atom. The van der Waals surface area contributed by atoms with E-state index in [1.807, 2.05) is 0 Å². The summed E-state index contributed by atoms with van der Waals surface area (Å²) in [7, 11) is 0. The molecule has 0 unspecified atom stereocenters. The quantitative estimate of drug-likeness (QED) is 0.620. The fourth-order valence-electron chi connectivity index (χ4n) is 1.84. The molecular formula is C9H15N3O. The zero-order chi connectivity index (χ0) is 9.10. The minimum absolute atomic E-state index is 0.371. The second-order valence-electron chi connectivity index (χ2n) is 3.54. The highest BCUT2D eigenvalue weighted by Gasteiger charge is 2.23. The van der Waals surface area contributed by atoms with Crippen LogP contribution in [0.5, 0.6) is 0 Å². The van der Waals surface area contributed by atoms with E-state index in [0.29, 0.717) is 5.92 Å². The maximum absolute atomic E-state index is 9.94. The Labute approximate surface area is 77.4 Å². The summed E-state index contributed by atoms with van der Waals surface area (Å²) in [6.07, 6.45) is 5.02. The molecule has 1 aliphatic rings. The molecular weight excluding hydrogens is 166 g/mol. The Hall–Kier alpha value is -0.870. The molecule has 0 aromatic carbocycles. The number of aromatic amines is 1. The fraction of sp³-hybridized carbons (Fsp3) is 0.667. The summed E-state index contributed by atoms with van der Waals surface area (Å²) in [6.45, 7) is 2.02. The predicted octanol–water partition coefficient (Wildman–Crippen LogP) is 0.443. The topological polar surface area (TPSA) is 60.9 Å². The van der Waals surface area contributed by atoms with E-state index in [0.717, 1.165) is 31.6 Å². The average Bonchev–Trinajstić information content (AvgIpc) is 2.71. The normalized spacial score (nSPS) is 21.6. The second kappa shape index (κ2) is 3.89. The zero-order valence-electron chi connectivity index (χ0n) is 7.53. The Morgan fingerprint density at radius 3 is 2.85 bits per heavy atom. The number of nitrogens with one attached hydrogen (secondary N) is 2. The van der Waals surface area contributed by atoms with Crippen LogP contribution in [0.4, 0.5) is 0 Å². The van der Waals surface area contributed by atoms with Crippen LogP contribution in [0.3, 0.4) is 0 Å². The minimum Gasteiger partial charge on any atom is -0.387 e. The summed E-state index contributed by atoms with van der Waals surface area (Å²) in [6, 6.07) is 0. The number of aliphatic hydroxyl groups is 1. The van der Waals surface area contributed by atoms with Crippen molar-refractivity contribution in [3.63, 3.8) is 0 Å². The van der Waals surface area contributed by atoms with Crippen LogP contribution < -0.4 is 5.32 Å². The van der Waals surface area contributed by atoms with Gasteiger partial charge in [0.25, 0.3) is 0 Å². The summed E-state index contributed by atoms with van der Waals surface area (Å²) in [4.78, 5) is 6.86. The number of piperidine rings is 1. The third-order valence-electron chi connectivity index (χ3n) is 2.67. The Kier molecular flexibility index (Phi) is 2.61. The molecule has 4 nitrogen and oxygen atoms in total. The smallest absolute Gasteiger partial charge is 0.0982 e. The van der Waals surface area contributed by atoms with Crippen LogP contribution in [0.1, 0.15) is 24.6 Å². The maximum atomic E-state index is 9.94. The fourth-order valence-corrected chi connectivity index (χ4v) is 1.84.